The number of ether oxygens (including phenoxy) is 1. The van der Waals surface area contributed by atoms with Gasteiger partial charge in [-0.1, -0.05) is 0 Å². The fraction of sp³-hybridized carbons (Fsp3) is 0.500. The molecule has 75 valence electrons. The van der Waals surface area contributed by atoms with Gasteiger partial charge in [0.15, 0.2) is 0 Å². The van der Waals surface area contributed by atoms with E-state index in [4.69, 9.17) is 9.84 Å². The number of pyridine rings is 1. The molecule has 0 unspecified atom stereocenters. The third kappa shape index (κ3) is 2.02. The molecule has 0 saturated carbocycles. The number of aliphatic hydroxyl groups is 1. The fourth-order valence-electron chi connectivity index (χ4n) is 1.56. The number of morpholine rings is 1. The monoisotopic (exact) mass is 193 g/mol. The first kappa shape index (κ1) is 9.43. The minimum atomic E-state index is -0.0760. The fourth-order valence-corrected chi connectivity index (χ4v) is 1.56. The van der Waals surface area contributed by atoms with Crippen molar-refractivity contribution in [2.45, 2.75) is 6.10 Å². The summed E-state index contributed by atoms with van der Waals surface area (Å²) < 4.78 is 5.36. The number of aliphatic hydroxyl groups excluding tert-OH is 1. The van der Waals surface area contributed by atoms with Crippen LogP contribution < -0.4 is 4.90 Å². The van der Waals surface area contributed by atoms with Crippen LogP contribution in [0, 0.1) is 6.20 Å². The van der Waals surface area contributed by atoms with E-state index in [-0.39, 0.29) is 12.7 Å². The van der Waals surface area contributed by atoms with Gasteiger partial charge in [0.2, 0.25) is 0 Å². The van der Waals surface area contributed by atoms with Gasteiger partial charge in [-0.15, -0.1) is 0 Å². The SMILES string of the molecule is OC[C@H]1CN(c2cc[c]nc2)CCO1. The average molecular weight is 193 g/mol. The summed E-state index contributed by atoms with van der Waals surface area (Å²) in [7, 11) is 0. The molecule has 1 radical (unpaired) electrons. The molecule has 0 aromatic carbocycles. The van der Waals surface area contributed by atoms with Crippen molar-refractivity contribution in [3.05, 3.63) is 24.5 Å². The average Bonchev–Trinajstić information content (AvgIpc) is 2.30. The molecule has 0 spiro atoms. The molecule has 2 rings (SSSR count). The number of hydrogen-bond acceptors (Lipinski definition) is 4. The maximum Gasteiger partial charge on any atom is 0.0980 e. The Morgan fingerprint density at radius 2 is 2.64 bits per heavy atom. The zero-order chi connectivity index (χ0) is 9.80. The van der Waals surface area contributed by atoms with Crippen molar-refractivity contribution in [1.29, 1.82) is 0 Å². The van der Waals surface area contributed by atoms with E-state index in [1.807, 2.05) is 6.07 Å². The first-order chi connectivity index (χ1) is 6.90. The molecule has 1 saturated heterocycles. The predicted octanol–water partition coefficient (Wildman–Crippen LogP) is 0.0793. The molecule has 1 aliphatic heterocycles. The predicted molar refractivity (Wildman–Crippen MR) is 52.1 cm³/mol. The van der Waals surface area contributed by atoms with E-state index < -0.39 is 0 Å². The number of anilines is 1. The van der Waals surface area contributed by atoms with Gasteiger partial charge < -0.3 is 14.7 Å². The third-order valence-electron chi connectivity index (χ3n) is 2.31. The van der Waals surface area contributed by atoms with E-state index in [2.05, 4.69) is 16.1 Å². The van der Waals surface area contributed by atoms with Crippen molar-refractivity contribution in [3.8, 4) is 0 Å². The maximum absolute atomic E-state index is 8.98. The van der Waals surface area contributed by atoms with Gasteiger partial charge in [-0.05, 0) is 12.1 Å². The highest BCUT2D eigenvalue weighted by Gasteiger charge is 2.19. The van der Waals surface area contributed by atoms with Crippen LogP contribution in [0.15, 0.2) is 18.3 Å². The van der Waals surface area contributed by atoms with Crippen LogP contribution in [-0.4, -0.2) is 42.5 Å². The largest absolute Gasteiger partial charge is 0.394 e. The number of nitrogens with zero attached hydrogens (tertiary/aromatic N) is 2. The lowest BCUT2D eigenvalue weighted by Crippen LogP contribution is -2.44. The molecule has 1 N–H and O–H groups in total. The Hall–Kier alpha value is -1.13. The van der Waals surface area contributed by atoms with Crippen molar-refractivity contribution >= 4 is 5.69 Å². The molecular formula is C10H13N2O2. The molecule has 0 amide bonds. The number of hydrogen-bond donors (Lipinski definition) is 1. The van der Waals surface area contributed by atoms with E-state index in [1.54, 1.807) is 12.3 Å². The molecular weight excluding hydrogens is 180 g/mol. The maximum atomic E-state index is 8.98. The molecule has 1 aliphatic rings. The summed E-state index contributed by atoms with van der Waals surface area (Å²) in [5, 5.41) is 8.98. The van der Waals surface area contributed by atoms with Crippen molar-refractivity contribution in [2.24, 2.45) is 0 Å². The zero-order valence-corrected chi connectivity index (χ0v) is 7.89. The summed E-state index contributed by atoms with van der Waals surface area (Å²) in [6.07, 6.45) is 4.44. The molecule has 0 aliphatic carbocycles. The molecule has 1 aromatic rings. The van der Waals surface area contributed by atoms with E-state index in [0.717, 1.165) is 18.8 Å². The van der Waals surface area contributed by atoms with Crippen LogP contribution in [0.25, 0.3) is 0 Å². The molecule has 1 atom stereocenters. The summed E-state index contributed by atoms with van der Waals surface area (Å²) in [4.78, 5) is 6.10. The number of rotatable bonds is 2. The minimum Gasteiger partial charge on any atom is -0.394 e. The second kappa shape index (κ2) is 4.39. The summed E-state index contributed by atoms with van der Waals surface area (Å²) in [6.45, 7) is 2.30. The second-order valence-electron chi connectivity index (χ2n) is 3.27. The van der Waals surface area contributed by atoms with Crippen LogP contribution >= 0.6 is 0 Å². The lowest BCUT2D eigenvalue weighted by atomic mass is 10.2. The Labute approximate surface area is 83.1 Å². The normalized spacial score (nSPS) is 22.4. The van der Waals surface area contributed by atoms with Crippen LogP contribution in [-0.2, 0) is 4.74 Å². The molecule has 2 heterocycles. The van der Waals surface area contributed by atoms with Crippen molar-refractivity contribution in [3.63, 3.8) is 0 Å². The first-order valence-electron chi connectivity index (χ1n) is 4.69. The van der Waals surface area contributed by atoms with Crippen LogP contribution in [0.5, 0.6) is 0 Å². The summed E-state index contributed by atoms with van der Waals surface area (Å²) >= 11 is 0. The number of aromatic nitrogens is 1. The Bertz CT molecular complexity index is 279. The van der Waals surface area contributed by atoms with Crippen molar-refractivity contribution in [1.82, 2.24) is 4.98 Å². The third-order valence-corrected chi connectivity index (χ3v) is 2.31. The van der Waals surface area contributed by atoms with Gasteiger partial charge in [-0.3, -0.25) is 4.98 Å². The molecule has 14 heavy (non-hydrogen) atoms. The second-order valence-corrected chi connectivity index (χ2v) is 3.27. The van der Waals surface area contributed by atoms with Crippen LogP contribution in [0.3, 0.4) is 0 Å². The molecule has 1 aromatic heterocycles. The highest BCUT2D eigenvalue weighted by atomic mass is 16.5. The van der Waals surface area contributed by atoms with Crippen LogP contribution in [0.1, 0.15) is 0 Å². The van der Waals surface area contributed by atoms with E-state index in [9.17, 15) is 0 Å². The highest BCUT2D eigenvalue weighted by Crippen LogP contribution is 2.15. The smallest absolute Gasteiger partial charge is 0.0980 e. The topological polar surface area (TPSA) is 45.6 Å². The lowest BCUT2D eigenvalue weighted by Gasteiger charge is -2.33. The molecule has 4 heteroatoms. The lowest BCUT2D eigenvalue weighted by molar-refractivity contribution is 0.00355. The Balaban J connectivity index is 2.04. The quantitative estimate of drug-likeness (QED) is 0.722. The van der Waals surface area contributed by atoms with Gasteiger partial charge >= 0.3 is 0 Å². The van der Waals surface area contributed by atoms with Crippen molar-refractivity contribution in [2.75, 3.05) is 31.2 Å². The van der Waals surface area contributed by atoms with E-state index in [1.165, 1.54) is 0 Å². The summed E-state index contributed by atoms with van der Waals surface area (Å²) in [5.74, 6) is 0. The van der Waals surface area contributed by atoms with Crippen LogP contribution in [0.2, 0.25) is 0 Å². The summed E-state index contributed by atoms with van der Waals surface area (Å²) in [5.41, 5.74) is 1.06. The van der Waals surface area contributed by atoms with Crippen molar-refractivity contribution < 1.29 is 9.84 Å². The van der Waals surface area contributed by atoms with Gasteiger partial charge in [-0.25, -0.2) is 0 Å². The van der Waals surface area contributed by atoms with Gasteiger partial charge in [0, 0.05) is 13.1 Å². The Morgan fingerprint density at radius 3 is 3.36 bits per heavy atom. The molecule has 0 bridgehead atoms. The van der Waals surface area contributed by atoms with Gasteiger partial charge in [-0.2, -0.15) is 0 Å². The van der Waals surface area contributed by atoms with Gasteiger partial charge in [0.05, 0.1) is 37.4 Å². The zero-order valence-electron chi connectivity index (χ0n) is 7.89. The first-order valence-corrected chi connectivity index (χ1v) is 4.69. The van der Waals surface area contributed by atoms with Gasteiger partial charge in [0.1, 0.15) is 0 Å². The van der Waals surface area contributed by atoms with E-state index >= 15 is 0 Å². The molecule has 1 fully saturated rings. The minimum absolute atomic E-state index is 0.0723. The van der Waals surface area contributed by atoms with Gasteiger partial charge in [0.25, 0.3) is 0 Å². The molecule has 4 nitrogen and oxygen atoms in total. The summed E-state index contributed by atoms with van der Waals surface area (Å²) in [6, 6.07) is 3.76. The van der Waals surface area contributed by atoms with E-state index in [0.29, 0.717) is 6.61 Å². The highest BCUT2D eigenvalue weighted by molar-refractivity contribution is 5.43. The Kier molecular flexibility index (Phi) is 2.96. The van der Waals surface area contributed by atoms with Crippen LogP contribution in [0.4, 0.5) is 5.69 Å². The standard InChI is InChI=1S/C10H13N2O2/c13-8-10-7-12(4-5-14-10)9-2-1-3-11-6-9/h1-2,6,10,13H,4-5,7-8H2/t10-/m1/s1. The Morgan fingerprint density at radius 1 is 1.71 bits per heavy atom.